The Labute approximate surface area is 109 Å². The first-order chi connectivity index (χ1) is 8.51. The summed E-state index contributed by atoms with van der Waals surface area (Å²) in [4.78, 5) is 0. The second-order valence-electron chi connectivity index (χ2n) is 4.03. The number of hydrogen-bond acceptors (Lipinski definition) is 3. The molecule has 98 valence electrons. The summed E-state index contributed by atoms with van der Waals surface area (Å²) in [6, 6.07) is 7.43. The third-order valence-corrected chi connectivity index (χ3v) is 2.48. The van der Waals surface area contributed by atoms with Crippen LogP contribution in [-0.4, -0.2) is 18.0 Å². The van der Waals surface area contributed by atoms with Gasteiger partial charge in [0.15, 0.2) is 6.29 Å². The van der Waals surface area contributed by atoms with Crippen LogP contribution in [0.4, 0.5) is 0 Å². The second-order valence-corrected chi connectivity index (χ2v) is 4.03. The van der Waals surface area contributed by atoms with Crippen LogP contribution in [0.25, 0.3) is 0 Å². The first-order valence-electron chi connectivity index (χ1n) is 6.04. The molecule has 0 amide bonds. The van der Waals surface area contributed by atoms with Crippen LogP contribution in [0.2, 0.25) is 0 Å². The summed E-state index contributed by atoms with van der Waals surface area (Å²) in [5.41, 5.74) is 1.72. The van der Waals surface area contributed by atoms with Crippen molar-refractivity contribution >= 4 is 0 Å². The van der Waals surface area contributed by atoms with E-state index >= 15 is 0 Å². The van der Waals surface area contributed by atoms with E-state index in [9.17, 15) is 5.11 Å². The molecular formula is C15H20O3. The van der Waals surface area contributed by atoms with Gasteiger partial charge in [-0.3, -0.25) is 0 Å². The van der Waals surface area contributed by atoms with Crippen LogP contribution >= 0.6 is 0 Å². The lowest BCUT2D eigenvalue weighted by atomic mass is 10.0. The number of hydrogen-bond donors (Lipinski definition) is 1. The van der Waals surface area contributed by atoms with Crippen molar-refractivity contribution in [2.45, 2.75) is 39.8 Å². The summed E-state index contributed by atoms with van der Waals surface area (Å²) in [7, 11) is 0. The van der Waals surface area contributed by atoms with E-state index in [0.29, 0.717) is 12.2 Å². The third kappa shape index (κ3) is 3.85. The van der Waals surface area contributed by atoms with Gasteiger partial charge in [0.1, 0.15) is 0 Å². The number of ether oxygens (including phenoxy) is 2. The molecule has 0 fully saturated rings. The molecule has 0 saturated carbocycles. The molecule has 1 aromatic carbocycles. The van der Waals surface area contributed by atoms with E-state index in [0.717, 1.165) is 5.56 Å². The zero-order valence-corrected chi connectivity index (χ0v) is 11.4. The minimum Gasteiger partial charge on any atom is -0.353 e. The molecular weight excluding hydrogens is 228 g/mol. The van der Waals surface area contributed by atoms with Crippen molar-refractivity contribution in [3.05, 3.63) is 35.4 Å². The summed E-state index contributed by atoms with van der Waals surface area (Å²) in [6.07, 6.45) is -0.526. The Balaban J connectivity index is 2.98. The largest absolute Gasteiger partial charge is 0.353 e. The van der Waals surface area contributed by atoms with Crippen molar-refractivity contribution in [2.24, 2.45) is 0 Å². The topological polar surface area (TPSA) is 38.7 Å². The van der Waals surface area contributed by atoms with Crippen molar-refractivity contribution in [3.8, 4) is 11.8 Å². The Morgan fingerprint density at radius 1 is 1.33 bits per heavy atom. The number of benzene rings is 1. The van der Waals surface area contributed by atoms with Gasteiger partial charge in [-0.2, -0.15) is 0 Å². The molecule has 2 unspecified atom stereocenters. The molecule has 0 aliphatic carbocycles. The van der Waals surface area contributed by atoms with Crippen LogP contribution in [0.15, 0.2) is 24.3 Å². The second kappa shape index (κ2) is 6.55. The lowest BCUT2D eigenvalue weighted by Gasteiger charge is -2.26. The molecule has 3 heteroatoms. The predicted molar refractivity (Wildman–Crippen MR) is 70.7 cm³/mol. The quantitative estimate of drug-likeness (QED) is 0.643. The van der Waals surface area contributed by atoms with Gasteiger partial charge < -0.3 is 14.6 Å². The van der Waals surface area contributed by atoms with Crippen molar-refractivity contribution in [3.63, 3.8) is 0 Å². The molecule has 18 heavy (non-hydrogen) atoms. The smallest absolute Gasteiger partial charge is 0.261 e. The van der Waals surface area contributed by atoms with Gasteiger partial charge in [-0.1, -0.05) is 29.8 Å². The van der Waals surface area contributed by atoms with Gasteiger partial charge >= 0.3 is 0 Å². The van der Waals surface area contributed by atoms with Crippen molar-refractivity contribution < 1.29 is 14.6 Å². The normalized spacial score (nSPS) is 15.4. The van der Waals surface area contributed by atoms with Crippen LogP contribution in [0.5, 0.6) is 0 Å². The summed E-state index contributed by atoms with van der Waals surface area (Å²) >= 11 is 0. The highest BCUT2D eigenvalue weighted by molar-refractivity contribution is 5.31. The predicted octanol–water partition coefficient (Wildman–Crippen LogP) is 2.56. The average Bonchev–Trinajstić information content (AvgIpc) is 2.30. The van der Waals surface area contributed by atoms with Gasteiger partial charge in [0.25, 0.3) is 5.79 Å². The number of rotatable bonds is 5. The molecule has 0 saturated heterocycles. The van der Waals surface area contributed by atoms with Crippen LogP contribution in [0.3, 0.4) is 0 Å². The highest BCUT2D eigenvalue weighted by atomic mass is 16.7. The fourth-order valence-electron chi connectivity index (χ4n) is 1.63. The molecule has 1 aromatic rings. The molecule has 1 N–H and O–H groups in total. The minimum atomic E-state index is -1.63. The maximum absolute atomic E-state index is 10.5. The third-order valence-electron chi connectivity index (χ3n) is 2.48. The Hall–Kier alpha value is -1.34. The monoisotopic (exact) mass is 248 g/mol. The highest BCUT2D eigenvalue weighted by Gasteiger charge is 2.30. The number of aryl methyl sites for hydroxylation is 1. The molecule has 0 spiro atoms. The molecule has 1 rings (SSSR count). The van der Waals surface area contributed by atoms with Gasteiger partial charge in [0.2, 0.25) is 0 Å². The van der Waals surface area contributed by atoms with Crippen LogP contribution in [0.1, 0.15) is 31.9 Å². The van der Waals surface area contributed by atoms with E-state index < -0.39 is 12.1 Å². The number of aliphatic hydroxyl groups is 1. The van der Waals surface area contributed by atoms with Crippen LogP contribution in [-0.2, 0) is 15.3 Å². The lowest BCUT2D eigenvalue weighted by molar-refractivity contribution is -0.262. The van der Waals surface area contributed by atoms with E-state index in [1.807, 2.05) is 26.0 Å². The fourth-order valence-corrected chi connectivity index (χ4v) is 1.63. The molecule has 0 bridgehead atoms. The van der Waals surface area contributed by atoms with E-state index in [-0.39, 0.29) is 0 Å². The van der Waals surface area contributed by atoms with E-state index in [1.165, 1.54) is 0 Å². The van der Waals surface area contributed by atoms with E-state index in [4.69, 9.17) is 9.47 Å². The van der Waals surface area contributed by atoms with Gasteiger partial charge in [-0.15, -0.1) is 5.92 Å². The van der Waals surface area contributed by atoms with Crippen LogP contribution < -0.4 is 0 Å². The minimum absolute atomic E-state index is 0.519. The zero-order chi connectivity index (χ0) is 13.6. The molecule has 2 atom stereocenters. The Bertz CT molecular complexity index is 427. The maximum atomic E-state index is 10.5. The Kier molecular flexibility index (Phi) is 5.36. The fraction of sp³-hybridized carbons (Fsp3) is 0.467. The summed E-state index contributed by atoms with van der Waals surface area (Å²) in [5, 5.41) is 10.5. The Morgan fingerprint density at radius 3 is 2.44 bits per heavy atom. The molecule has 0 aliphatic heterocycles. The zero-order valence-electron chi connectivity index (χ0n) is 11.4. The maximum Gasteiger partial charge on any atom is 0.261 e. The summed E-state index contributed by atoms with van der Waals surface area (Å²) in [5.74, 6) is 3.75. The highest BCUT2D eigenvalue weighted by Crippen LogP contribution is 2.24. The average molecular weight is 248 g/mol. The van der Waals surface area contributed by atoms with Gasteiger partial charge in [0, 0.05) is 12.2 Å². The molecule has 0 heterocycles. The summed E-state index contributed by atoms with van der Waals surface area (Å²) < 4.78 is 10.8. The lowest BCUT2D eigenvalue weighted by Crippen LogP contribution is -2.33. The van der Waals surface area contributed by atoms with Gasteiger partial charge in [-0.25, -0.2) is 0 Å². The van der Waals surface area contributed by atoms with Crippen molar-refractivity contribution in [1.29, 1.82) is 0 Å². The van der Waals surface area contributed by atoms with E-state index in [2.05, 4.69) is 11.8 Å². The van der Waals surface area contributed by atoms with Crippen molar-refractivity contribution in [1.82, 2.24) is 0 Å². The first kappa shape index (κ1) is 14.7. The standard InChI is InChI=1S/C15H20O3/c1-5-11-15(16,18-13(4)17-6-2)14-9-7-12(3)8-10-14/h7-10,13,16H,6H2,1-4H3. The van der Waals surface area contributed by atoms with Crippen LogP contribution in [0, 0.1) is 18.8 Å². The summed E-state index contributed by atoms with van der Waals surface area (Å²) in [6.45, 7) is 7.77. The SMILES string of the molecule is CC#CC(O)(OC(C)OCC)c1ccc(C)cc1. The Morgan fingerprint density at radius 2 is 1.94 bits per heavy atom. The molecule has 3 nitrogen and oxygen atoms in total. The van der Waals surface area contributed by atoms with Crippen molar-refractivity contribution in [2.75, 3.05) is 6.61 Å². The van der Waals surface area contributed by atoms with Gasteiger partial charge in [-0.05, 0) is 33.6 Å². The van der Waals surface area contributed by atoms with E-state index in [1.54, 1.807) is 26.0 Å². The van der Waals surface area contributed by atoms with Gasteiger partial charge in [0.05, 0.1) is 0 Å². The molecule has 0 radical (unpaired) electrons. The molecule has 0 aliphatic rings. The first-order valence-corrected chi connectivity index (χ1v) is 6.04. The molecule has 0 aromatic heterocycles.